The number of carbonyl (C=O) groups excluding carboxylic acids is 1. The van der Waals surface area contributed by atoms with Crippen molar-refractivity contribution in [2.45, 2.75) is 25.9 Å². The third kappa shape index (κ3) is 2.45. The lowest BCUT2D eigenvalue weighted by atomic mass is 9.93. The van der Waals surface area contributed by atoms with Gasteiger partial charge in [0.05, 0.1) is 4.88 Å². The first-order valence-corrected chi connectivity index (χ1v) is 7.60. The molecule has 0 radical (unpaired) electrons. The van der Waals surface area contributed by atoms with Gasteiger partial charge in [-0.1, -0.05) is 24.3 Å². The number of carbonyl (C=O) groups is 2. The van der Waals surface area contributed by atoms with Crippen molar-refractivity contribution in [3.8, 4) is 0 Å². The van der Waals surface area contributed by atoms with Crippen LogP contribution in [0.4, 0.5) is 0 Å². The lowest BCUT2D eigenvalue weighted by molar-refractivity contribution is -0.142. The molecule has 4 nitrogen and oxygen atoms in total. The van der Waals surface area contributed by atoms with Gasteiger partial charge in [0.15, 0.2) is 0 Å². The smallest absolute Gasteiger partial charge is 0.326 e. The predicted octanol–water partition coefficient (Wildman–Crippen LogP) is 2.71. The Morgan fingerprint density at radius 1 is 1.24 bits per heavy atom. The predicted molar refractivity (Wildman–Crippen MR) is 80.5 cm³/mol. The number of aliphatic carboxylic acids is 1. The average molecular weight is 301 g/mol. The number of rotatable bonds is 2. The Bertz CT molecular complexity index is 707. The second-order valence-electron chi connectivity index (χ2n) is 5.19. The summed E-state index contributed by atoms with van der Waals surface area (Å²) in [5.74, 6) is -1.14. The van der Waals surface area contributed by atoms with Crippen LogP contribution in [0.15, 0.2) is 35.7 Å². The highest BCUT2D eigenvalue weighted by atomic mass is 32.1. The highest BCUT2D eigenvalue weighted by Gasteiger charge is 2.35. The molecule has 0 saturated carbocycles. The second kappa shape index (κ2) is 5.33. The molecule has 0 bridgehead atoms. The highest BCUT2D eigenvalue weighted by Crippen LogP contribution is 2.27. The van der Waals surface area contributed by atoms with Crippen molar-refractivity contribution >= 4 is 23.2 Å². The van der Waals surface area contributed by atoms with Crippen LogP contribution in [0.2, 0.25) is 0 Å². The molecule has 5 heteroatoms. The SMILES string of the molecule is Cc1ccsc1C(=O)N1Cc2ccccc2C[C@H]1C(=O)O. The van der Waals surface area contributed by atoms with Crippen LogP contribution in [0, 0.1) is 6.92 Å². The first kappa shape index (κ1) is 13.8. The van der Waals surface area contributed by atoms with Gasteiger partial charge >= 0.3 is 5.97 Å². The molecule has 2 heterocycles. The van der Waals surface area contributed by atoms with Crippen molar-refractivity contribution in [3.05, 3.63) is 57.3 Å². The van der Waals surface area contributed by atoms with Crippen LogP contribution in [-0.2, 0) is 17.8 Å². The number of nitrogens with zero attached hydrogens (tertiary/aromatic N) is 1. The minimum Gasteiger partial charge on any atom is -0.480 e. The number of fused-ring (bicyclic) bond motifs is 1. The largest absolute Gasteiger partial charge is 0.480 e. The van der Waals surface area contributed by atoms with Crippen LogP contribution in [0.1, 0.15) is 26.4 Å². The summed E-state index contributed by atoms with van der Waals surface area (Å²) in [6, 6.07) is 8.79. The van der Waals surface area contributed by atoms with E-state index in [2.05, 4.69) is 0 Å². The Balaban J connectivity index is 1.98. The standard InChI is InChI=1S/C16H15NO3S/c1-10-6-7-21-14(10)15(18)17-9-12-5-3-2-4-11(12)8-13(17)16(19)20/h2-7,13H,8-9H2,1H3,(H,19,20)/t13-/m0/s1. The van der Waals surface area contributed by atoms with Crippen LogP contribution in [0.3, 0.4) is 0 Å². The molecular weight excluding hydrogens is 286 g/mol. The zero-order valence-electron chi connectivity index (χ0n) is 11.6. The van der Waals surface area contributed by atoms with Gasteiger partial charge in [0.2, 0.25) is 0 Å². The lowest BCUT2D eigenvalue weighted by Crippen LogP contribution is -2.48. The topological polar surface area (TPSA) is 57.6 Å². The first-order valence-electron chi connectivity index (χ1n) is 6.72. The molecule has 108 valence electrons. The number of amides is 1. The summed E-state index contributed by atoms with van der Waals surface area (Å²) < 4.78 is 0. The normalized spacial score (nSPS) is 17.4. The van der Waals surface area contributed by atoms with Gasteiger partial charge in [0, 0.05) is 13.0 Å². The van der Waals surface area contributed by atoms with E-state index in [-0.39, 0.29) is 5.91 Å². The van der Waals surface area contributed by atoms with Gasteiger partial charge in [-0.15, -0.1) is 11.3 Å². The monoisotopic (exact) mass is 301 g/mol. The second-order valence-corrected chi connectivity index (χ2v) is 6.11. The van der Waals surface area contributed by atoms with E-state index < -0.39 is 12.0 Å². The molecule has 2 aromatic rings. The highest BCUT2D eigenvalue weighted by molar-refractivity contribution is 7.12. The maximum atomic E-state index is 12.7. The summed E-state index contributed by atoms with van der Waals surface area (Å²) in [7, 11) is 0. The third-order valence-electron chi connectivity index (χ3n) is 3.85. The van der Waals surface area contributed by atoms with Crippen molar-refractivity contribution in [2.75, 3.05) is 0 Å². The van der Waals surface area contributed by atoms with Gasteiger partial charge in [0.1, 0.15) is 6.04 Å². The number of hydrogen-bond donors (Lipinski definition) is 1. The van der Waals surface area contributed by atoms with Crippen LogP contribution < -0.4 is 0 Å². The fourth-order valence-electron chi connectivity index (χ4n) is 2.68. The van der Waals surface area contributed by atoms with E-state index in [1.807, 2.05) is 42.6 Å². The molecule has 0 unspecified atom stereocenters. The summed E-state index contributed by atoms with van der Waals surface area (Å²) in [6.45, 7) is 2.22. The first-order chi connectivity index (χ1) is 10.1. The molecule has 0 fully saturated rings. The van der Waals surface area contributed by atoms with Crippen molar-refractivity contribution in [2.24, 2.45) is 0 Å². The van der Waals surface area contributed by atoms with E-state index in [1.165, 1.54) is 16.2 Å². The van der Waals surface area contributed by atoms with Crippen molar-refractivity contribution < 1.29 is 14.7 Å². The van der Waals surface area contributed by atoms with Crippen LogP contribution in [0.5, 0.6) is 0 Å². The summed E-state index contributed by atoms with van der Waals surface area (Å²) in [5, 5.41) is 11.3. The molecule has 0 aliphatic carbocycles. The zero-order chi connectivity index (χ0) is 15.0. The quantitative estimate of drug-likeness (QED) is 0.928. The summed E-state index contributed by atoms with van der Waals surface area (Å²) >= 11 is 1.36. The number of benzene rings is 1. The van der Waals surface area contributed by atoms with Gasteiger partial charge in [-0.25, -0.2) is 4.79 Å². The molecule has 1 aromatic carbocycles. The minimum atomic E-state index is -0.952. The van der Waals surface area contributed by atoms with E-state index in [9.17, 15) is 14.7 Å². The molecule has 21 heavy (non-hydrogen) atoms. The molecule has 3 rings (SSSR count). The number of hydrogen-bond acceptors (Lipinski definition) is 3. The van der Waals surface area contributed by atoms with E-state index in [1.54, 1.807) is 0 Å². The Morgan fingerprint density at radius 3 is 2.57 bits per heavy atom. The summed E-state index contributed by atoms with van der Waals surface area (Å²) in [4.78, 5) is 26.3. The maximum Gasteiger partial charge on any atom is 0.326 e. The summed E-state index contributed by atoms with van der Waals surface area (Å²) in [5.41, 5.74) is 2.93. The molecule has 0 saturated heterocycles. The van der Waals surface area contributed by atoms with Crippen molar-refractivity contribution in [1.29, 1.82) is 0 Å². The Kier molecular flexibility index (Phi) is 3.51. The average Bonchev–Trinajstić information content (AvgIpc) is 2.91. The van der Waals surface area contributed by atoms with E-state index >= 15 is 0 Å². The number of aryl methyl sites for hydroxylation is 1. The fourth-order valence-corrected chi connectivity index (χ4v) is 3.56. The molecule has 0 spiro atoms. The number of carboxylic acids is 1. The zero-order valence-corrected chi connectivity index (χ0v) is 12.4. The van der Waals surface area contributed by atoms with Crippen LogP contribution in [-0.4, -0.2) is 27.9 Å². The van der Waals surface area contributed by atoms with E-state index in [0.29, 0.717) is 17.8 Å². The summed E-state index contributed by atoms with van der Waals surface area (Å²) in [6.07, 6.45) is 0.363. The molecule has 1 aliphatic rings. The van der Waals surface area contributed by atoms with Gasteiger partial charge in [-0.2, -0.15) is 0 Å². The Morgan fingerprint density at radius 2 is 1.95 bits per heavy atom. The molecule has 1 aromatic heterocycles. The van der Waals surface area contributed by atoms with E-state index in [0.717, 1.165) is 16.7 Å². The fraction of sp³-hybridized carbons (Fsp3) is 0.250. The number of carboxylic acid groups (broad SMARTS) is 1. The Labute approximate surface area is 126 Å². The van der Waals surface area contributed by atoms with Gasteiger partial charge < -0.3 is 10.0 Å². The van der Waals surface area contributed by atoms with Crippen molar-refractivity contribution in [1.82, 2.24) is 4.90 Å². The van der Waals surface area contributed by atoms with Gasteiger partial charge in [-0.3, -0.25) is 4.79 Å². The van der Waals surface area contributed by atoms with Gasteiger partial charge in [0.25, 0.3) is 5.91 Å². The van der Waals surface area contributed by atoms with Gasteiger partial charge in [-0.05, 0) is 35.1 Å². The lowest BCUT2D eigenvalue weighted by Gasteiger charge is -2.34. The van der Waals surface area contributed by atoms with Crippen LogP contribution >= 0.6 is 11.3 Å². The maximum absolute atomic E-state index is 12.7. The number of thiophene rings is 1. The molecule has 1 amide bonds. The Hall–Kier alpha value is -2.14. The molecule has 1 aliphatic heterocycles. The molecule has 1 atom stereocenters. The van der Waals surface area contributed by atoms with E-state index in [4.69, 9.17) is 0 Å². The molecular formula is C16H15NO3S. The molecule has 1 N–H and O–H groups in total. The van der Waals surface area contributed by atoms with Crippen molar-refractivity contribution in [3.63, 3.8) is 0 Å². The minimum absolute atomic E-state index is 0.190. The third-order valence-corrected chi connectivity index (χ3v) is 4.86. The van der Waals surface area contributed by atoms with Crippen LogP contribution in [0.25, 0.3) is 0 Å².